The number of aromatic nitrogens is 5. The summed E-state index contributed by atoms with van der Waals surface area (Å²) in [5.74, 6) is -0.295. The fourth-order valence-corrected chi connectivity index (χ4v) is 2.90. The second-order valence-corrected chi connectivity index (χ2v) is 5.68. The average molecular weight is 322 g/mol. The maximum absolute atomic E-state index is 12.3. The van der Waals surface area contributed by atoms with Crippen LogP contribution in [0.5, 0.6) is 0 Å². The molecule has 4 aromatic heterocycles. The molecular weight excluding hydrogens is 312 g/mol. The molecule has 0 fully saturated rings. The first-order valence-electron chi connectivity index (χ1n) is 6.78. The number of hydrogen-bond donors (Lipinski definition) is 2. The standard InChI is InChI=1S/C15H10N6OS/c22-13(19-15-18-10-2-1-5-17-14(10)23-15)12-8-11(20-21-12)9-3-6-16-7-4-9/h1-8H,(H,20,21)(H,18,19,22). The van der Waals surface area contributed by atoms with Gasteiger partial charge in [-0.1, -0.05) is 11.3 Å². The van der Waals surface area contributed by atoms with Crippen molar-refractivity contribution in [1.82, 2.24) is 25.1 Å². The monoisotopic (exact) mass is 322 g/mol. The number of aromatic amines is 1. The molecule has 0 spiro atoms. The molecule has 0 aliphatic rings. The minimum atomic E-state index is -0.295. The lowest BCUT2D eigenvalue weighted by Crippen LogP contribution is -2.11. The lowest BCUT2D eigenvalue weighted by molar-refractivity contribution is 0.102. The van der Waals surface area contributed by atoms with E-state index in [2.05, 4.69) is 30.5 Å². The number of anilines is 1. The van der Waals surface area contributed by atoms with Crippen LogP contribution in [0.3, 0.4) is 0 Å². The van der Waals surface area contributed by atoms with E-state index in [4.69, 9.17) is 0 Å². The van der Waals surface area contributed by atoms with Gasteiger partial charge in [0.05, 0.1) is 5.69 Å². The van der Waals surface area contributed by atoms with E-state index >= 15 is 0 Å². The van der Waals surface area contributed by atoms with Crippen molar-refractivity contribution in [2.75, 3.05) is 5.32 Å². The van der Waals surface area contributed by atoms with E-state index in [1.54, 1.807) is 24.7 Å². The fraction of sp³-hybridized carbons (Fsp3) is 0. The predicted molar refractivity (Wildman–Crippen MR) is 87.2 cm³/mol. The predicted octanol–water partition coefficient (Wildman–Crippen LogP) is 2.73. The number of pyridine rings is 2. The van der Waals surface area contributed by atoms with Crippen LogP contribution in [0, 0.1) is 0 Å². The number of fused-ring (bicyclic) bond motifs is 1. The summed E-state index contributed by atoms with van der Waals surface area (Å²) in [4.78, 5) is 25.6. The summed E-state index contributed by atoms with van der Waals surface area (Å²) in [5, 5.41) is 10.1. The zero-order chi connectivity index (χ0) is 15.6. The third-order valence-electron chi connectivity index (χ3n) is 3.19. The van der Waals surface area contributed by atoms with E-state index in [0.717, 1.165) is 15.9 Å². The Labute approximate surface area is 134 Å². The van der Waals surface area contributed by atoms with Crippen molar-refractivity contribution in [1.29, 1.82) is 0 Å². The van der Waals surface area contributed by atoms with Gasteiger partial charge >= 0.3 is 0 Å². The Balaban J connectivity index is 1.56. The highest BCUT2D eigenvalue weighted by molar-refractivity contribution is 7.21. The molecule has 0 radical (unpaired) electrons. The fourth-order valence-electron chi connectivity index (χ4n) is 2.10. The summed E-state index contributed by atoms with van der Waals surface area (Å²) in [6.07, 6.45) is 5.05. The molecule has 8 heteroatoms. The molecule has 0 saturated carbocycles. The average Bonchev–Trinajstić information content (AvgIpc) is 3.22. The Kier molecular flexibility index (Phi) is 3.28. The second-order valence-electron chi connectivity index (χ2n) is 4.70. The third kappa shape index (κ3) is 2.67. The highest BCUT2D eigenvalue weighted by atomic mass is 32.1. The highest BCUT2D eigenvalue weighted by Crippen LogP contribution is 2.24. The van der Waals surface area contributed by atoms with Gasteiger partial charge in [0, 0.05) is 24.2 Å². The number of thiazole rings is 1. The van der Waals surface area contributed by atoms with Crippen LogP contribution in [-0.4, -0.2) is 31.1 Å². The zero-order valence-electron chi connectivity index (χ0n) is 11.7. The van der Waals surface area contributed by atoms with Crippen molar-refractivity contribution >= 4 is 32.7 Å². The topological polar surface area (TPSA) is 96.5 Å². The Morgan fingerprint density at radius 1 is 1.17 bits per heavy atom. The van der Waals surface area contributed by atoms with Gasteiger partial charge in [-0.05, 0) is 30.3 Å². The largest absolute Gasteiger partial charge is 0.296 e. The highest BCUT2D eigenvalue weighted by Gasteiger charge is 2.13. The lowest BCUT2D eigenvalue weighted by Gasteiger charge is -1.97. The minimum absolute atomic E-state index is 0.295. The number of carbonyl (C=O) groups excluding carboxylic acids is 1. The summed E-state index contributed by atoms with van der Waals surface area (Å²) < 4.78 is 0. The molecule has 0 unspecified atom stereocenters. The van der Waals surface area contributed by atoms with Gasteiger partial charge in [0.15, 0.2) is 5.13 Å². The molecule has 0 aliphatic carbocycles. The molecular formula is C15H10N6OS. The summed E-state index contributed by atoms with van der Waals surface area (Å²) in [6, 6.07) is 9.01. The van der Waals surface area contributed by atoms with Crippen molar-refractivity contribution in [3.05, 3.63) is 54.6 Å². The van der Waals surface area contributed by atoms with Crippen molar-refractivity contribution in [2.45, 2.75) is 0 Å². The normalized spacial score (nSPS) is 10.8. The van der Waals surface area contributed by atoms with Gasteiger partial charge in [-0.25, -0.2) is 9.97 Å². The van der Waals surface area contributed by atoms with Gasteiger partial charge in [0.1, 0.15) is 16.0 Å². The SMILES string of the molecule is O=C(Nc1nc2cccnc2s1)c1cc(-c2ccncc2)n[nH]1. The Hall–Kier alpha value is -3.13. The van der Waals surface area contributed by atoms with E-state index in [-0.39, 0.29) is 5.91 Å². The van der Waals surface area contributed by atoms with Crippen LogP contribution < -0.4 is 5.32 Å². The Morgan fingerprint density at radius 2 is 2.04 bits per heavy atom. The molecule has 4 rings (SSSR count). The molecule has 7 nitrogen and oxygen atoms in total. The molecule has 1 amide bonds. The first-order chi connectivity index (χ1) is 11.3. The van der Waals surface area contributed by atoms with Crippen LogP contribution in [0.15, 0.2) is 48.9 Å². The molecule has 23 heavy (non-hydrogen) atoms. The molecule has 4 heterocycles. The van der Waals surface area contributed by atoms with Gasteiger partial charge in [0.2, 0.25) is 0 Å². The van der Waals surface area contributed by atoms with Crippen molar-refractivity contribution < 1.29 is 4.79 Å². The van der Waals surface area contributed by atoms with E-state index in [1.807, 2.05) is 24.3 Å². The Morgan fingerprint density at radius 3 is 2.87 bits per heavy atom. The van der Waals surface area contributed by atoms with Crippen molar-refractivity contribution in [3.63, 3.8) is 0 Å². The molecule has 4 aromatic rings. The van der Waals surface area contributed by atoms with E-state index in [1.165, 1.54) is 11.3 Å². The zero-order valence-corrected chi connectivity index (χ0v) is 12.5. The van der Waals surface area contributed by atoms with Gasteiger partial charge in [-0.3, -0.25) is 20.2 Å². The summed E-state index contributed by atoms with van der Waals surface area (Å²) in [7, 11) is 0. The van der Waals surface area contributed by atoms with Crippen molar-refractivity contribution in [2.24, 2.45) is 0 Å². The number of hydrogen-bond acceptors (Lipinski definition) is 6. The quantitative estimate of drug-likeness (QED) is 0.604. The number of carbonyl (C=O) groups is 1. The van der Waals surface area contributed by atoms with Gasteiger partial charge < -0.3 is 0 Å². The van der Waals surface area contributed by atoms with Crippen LogP contribution >= 0.6 is 11.3 Å². The number of nitrogens with zero attached hydrogens (tertiary/aromatic N) is 4. The number of amides is 1. The van der Waals surface area contributed by atoms with Gasteiger partial charge in [0.25, 0.3) is 5.91 Å². The van der Waals surface area contributed by atoms with E-state index in [0.29, 0.717) is 16.5 Å². The molecule has 2 N–H and O–H groups in total. The van der Waals surface area contributed by atoms with Crippen LogP contribution in [0.25, 0.3) is 21.6 Å². The summed E-state index contributed by atoms with van der Waals surface area (Å²) in [6.45, 7) is 0. The molecule has 0 bridgehead atoms. The molecule has 0 saturated heterocycles. The summed E-state index contributed by atoms with van der Waals surface area (Å²) >= 11 is 1.33. The maximum Gasteiger partial charge on any atom is 0.275 e. The smallest absolute Gasteiger partial charge is 0.275 e. The van der Waals surface area contributed by atoms with Crippen LogP contribution in [0.4, 0.5) is 5.13 Å². The van der Waals surface area contributed by atoms with Crippen LogP contribution in [-0.2, 0) is 0 Å². The number of nitrogens with one attached hydrogen (secondary N) is 2. The van der Waals surface area contributed by atoms with Crippen LogP contribution in [0.1, 0.15) is 10.5 Å². The van der Waals surface area contributed by atoms with Crippen LogP contribution in [0.2, 0.25) is 0 Å². The molecule has 0 aromatic carbocycles. The number of H-pyrrole nitrogens is 1. The van der Waals surface area contributed by atoms with Gasteiger partial charge in [-0.15, -0.1) is 0 Å². The maximum atomic E-state index is 12.3. The lowest BCUT2D eigenvalue weighted by atomic mass is 10.2. The van der Waals surface area contributed by atoms with Crippen molar-refractivity contribution in [3.8, 4) is 11.3 Å². The minimum Gasteiger partial charge on any atom is -0.296 e. The molecule has 0 aliphatic heterocycles. The van der Waals surface area contributed by atoms with Gasteiger partial charge in [-0.2, -0.15) is 5.10 Å². The van der Waals surface area contributed by atoms with E-state index in [9.17, 15) is 4.79 Å². The van der Waals surface area contributed by atoms with E-state index < -0.39 is 0 Å². The first kappa shape index (κ1) is 13.5. The third-order valence-corrected chi connectivity index (χ3v) is 4.08. The molecule has 112 valence electrons. The second kappa shape index (κ2) is 5.58. The number of rotatable bonds is 3. The Bertz CT molecular complexity index is 945. The molecule has 0 atom stereocenters. The summed E-state index contributed by atoms with van der Waals surface area (Å²) in [5.41, 5.74) is 2.70. The first-order valence-corrected chi connectivity index (χ1v) is 7.60.